The molecule has 2 aromatic carbocycles. The van der Waals surface area contributed by atoms with Crippen LogP contribution in [0.3, 0.4) is 0 Å². The number of likely N-dealkylation sites (tertiary alicyclic amines) is 1. The molecule has 40 heavy (non-hydrogen) atoms. The van der Waals surface area contributed by atoms with E-state index in [1.54, 1.807) is 43.3 Å². The number of rotatable bonds is 7. The van der Waals surface area contributed by atoms with Gasteiger partial charge < -0.3 is 25.4 Å². The zero-order valence-electron chi connectivity index (χ0n) is 22.7. The van der Waals surface area contributed by atoms with E-state index in [-0.39, 0.29) is 17.9 Å². The van der Waals surface area contributed by atoms with Crippen LogP contribution in [0, 0.1) is 23.7 Å². The van der Waals surface area contributed by atoms with E-state index in [1.165, 1.54) is 0 Å². The Kier molecular flexibility index (Phi) is 7.25. The van der Waals surface area contributed by atoms with Gasteiger partial charge in [-0.25, -0.2) is 9.59 Å². The lowest BCUT2D eigenvalue weighted by atomic mass is 9.52. The molecular weight excluding hydrogens is 530 g/mol. The second-order valence-electron chi connectivity index (χ2n) is 12.1. The number of urea groups is 1. The predicted octanol–water partition coefficient (Wildman–Crippen LogP) is 5.49. The van der Waals surface area contributed by atoms with Crippen LogP contribution in [0.5, 0.6) is 0 Å². The Morgan fingerprint density at radius 2 is 1.73 bits per heavy atom. The highest BCUT2D eigenvalue weighted by molar-refractivity contribution is 6.31. The fourth-order valence-electron chi connectivity index (χ4n) is 7.97. The van der Waals surface area contributed by atoms with Gasteiger partial charge in [0.2, 0.25) is 5.91 Å². The van der Waals surface area contributed by atoms with Gasteiger partial charge in [0.25, 0.3) is 0 Å². The van der Waals surface area contributed by atoms with Crippen LogP contribution in [0.1, 0.15) is 61.4 Å². The summed E-state index contributed by atoms with van der Waals surface area (Å²) in [6.07, 6.45) is 6.30. The molecule has 3 atom stereocenters. The van der Waals surface area contributed by atoms with Crippen molar-refractivity contribution in [1.29, 1.82) is 0 Å². The van der Waals surface area contributed by atoms with Gasteiger partial charge in [-0.05, 0) is 112 Å². The van der Waals surface area contributed by atoms with E-state index in [2.05, 4.69) is 15.5 Å². The molecule has 5 fully saturated rings. The van der Waals surface area contributed by atoms with Gasteiger partial charge in [-0.1, -0.05) is 17.7 Å². The second kappa shape index (κ2) is 10.7. The normalized spacial score (nSPS) is 30.4. The van der Waals surface area contributed by atoms with Crippen LogP contribution in [0.25, 0.3) is 0 Å². The van der Waals surface area contributed by atoms with E-state index in [9.17, 15) is 19.5 Å². The van der Waals surface area contributed by atoms with Gasteiger partial charge >= 0.3 is 12.0 Å². The number of esters is 1. The van der Waals surface area contributed by atoms with Crippen molar-refractivity contribution >= 4 is 40.9 Å². The SMILES string of the molecule is CCOC(=O)c1ccc(NC(=O)Nc2ccc(CC3CCN(C4C5CC6CC4CC(O)(C6)C5)C3=O)c(Cl)c2)cc1. The van der Waals surface area contributed by atoms with Crippen LogP contribution in [-0.4, -0.2) is 52.7 Å². The van der Waals surface area contributed by atoms with E-state index < -0.39 is 17.6 Å². The molecule has 7 rings (SSSR count). The monoisotopic (exact) mass is 565 g/mol. The summed E-state index contributed by atoms with van der Waals surface area (Å²) >= 11 is 6.60. The minimum Gasteiger partial charge on any atom is -0.462 e. The lowest BCUT2D eigenvalue weighted by Crippen LogP contribution is -2.62. The molecule has 0 aromatic heterocycles. The first kappa shape index (κ1) is 27.1. The van der Waals surface area contributed by atoms with E-state index >= 15 is 0 Å². The first-order valence-electron chi connectivity index (χ1n) is 14.4. The molecule has 0 radical (unpaired) electrons. The average Bonchev–Trinajstić information content (AvgIpc) is 3.24. The summed E-state index contributed by atoms with van der Waals surface area (Å²) in [6.45, 7) is 2.82. The van der Waals surface area contributed by atoms with Crippen LogP contribution in [-0.2, 0) is 16.0 Å². The number of amides is 3. The molecule has 3 unspecified atom stereocenters. The van der Waals surface area contributed by atoms with E-state index in [0.29, 0.717) is 52.7 Å². The fraction of sp³-hybridized carbons (Fsp3) is 0.516. The number of nitrogens with zero attached hydrogens (tertiary/aromatic N) is 1. The molecule has 4 saturated carbocycles. The number of anilines is 2. The molecular formula is C31H36ClN3O5. The number of nitrogens with one attached hydrogen (secondary N) is 2. The molecule has 5 aliphatic rings. The highest BCUT2D eigenvalue weighted by Crippen LogP contribution is 2.57. The van der Waals surface area contributed by atoms with Crippen molar-refractivity contribution in [2.75, 3.05) is 23.8 Å². The summed E-state index contributed by atoms with van der Waals surface area (Å²) in [6, 6.07) is 11.7. The summed E-state index contributed by atoms with van der Waals surface area (Å²) in [5.41, 5.74) is 1.88. The predicted molar refractivity (Wildman–Crippen MR) is 152 cm³/mol. The molecule has 212 valence electrons. The number of halogens is 1. The lowest BCUT2D eigenvalue weighted by molar-refractivity contribution is -0.168. The molecule has 9 heteroatoms. The first-order valence-corrected chi connectivity index (χ1v) is 14.8. The third-order valence-electron chi connectivity index (χ3n) is 9.33. The largest absolute Gasteiger partial charge is 0.462 e. The van der Waals surface area contributed by atoms with Gasteiger partial charge in [0.15, 0.2) is 0 Å². The lowest BCUT2D eigenvalue weighted by Gasteiger charge is -2.59. The van der Waals surface area contributed by atoms with Crippen molar-refractivity contribution in [2.24, 2.45) is 23.7 Å². The Morgan fingerprint density at radius 1 is 1.05 bits per heavy atom. The zero-order chi connectivity index (χ0) is 28.0. The quantitative estimate of drug-likeness (QED) is 0.385. The fourth-order valence-corrected chi connectivity index (χ4v) is 8.22. The van der Waals surface area contributed by atoms with Crippen LogP contribution in [0.4, 0.5) is 16.2 Å². The van der Waals surface area contributed by atoms with Crippen LogP contribution in [0.2, 0.25) is 5.02 Å². The highest BCUT2D eigenvalue weighted by atomic mass is 35.5. The Labute approximate surface area is 239 Å². The third kappa shape index (κ3) is 5.31. The summed E-state index contributed by atoms with van der Waals surface area (Å²) < 4.78 is 4.97. The van der Waals surface area contributed by atoms with Gasteiger partial charge in [-0.15, -0.1) is 0 Å². The molecule has 3 amide bonds. The minimum absolute atomic E-state index is 0.0996. The molecule has 3 N–H and O–H groups in total. The Balaban J connectivity index is 1.04. The molecule has 1 saturated heterocycles. The maximum atomic E-state index is 13.5. The number of benzene rings is 2. The number of hydrogen-bond donors (Lipinski definition) is 3. The maximum absolute atomic E-state index is 13.5. The van der Waals surface area contributed by atoms with Gasteiger partial charge in [0.05, 0.1) is 17.8 Å². The third-order valence-corrected chi connectivity index (χ3v) is 9.68. The molecule has 4 bridgehead atoms. The van der Waals surface area contributed by atoms with Gasteiger partial charge in [-0.2, -0.15) is 0 Å². The Morgan fingerprint density at radius 3 is 2.38 bits per heavy atom. The molecule has 1 aliphatic heterocycles. The average molecular weight is 566 g/mol. The van der Waals surface area contributed by atoms with Gasteiger partial charge in [-0.3, -0.25) is 4.79 Å². The topological polar surface area (TPSA) is 108 Å². The molecule has 8 nitrogen and oxygen atoms in total. The summed E-state index contributed by atoms with van der Waals surface area (Å²) in [5.74, 6) is 1.18. The second-order valence-corrected chi connectivity index (χ2v) is 12.5. The number of ether oxygens (including phenoxy) is 1. The Hall–Kier alpha value is -3.10. The summed E-state index contributed by atoms with van der Waals surface area (Å²) in [4.78, 5) is 40.0. The van der Waals surface area contributed by atoms with Crippen LogP contribution < -0.4 is 10.6 Å². The standard InChI is InChI=1S/C31H36ClN3O5/c1-2-40-29(37)19-3-6-24(7-4-19)33-30(38)34-25-8-5-20(26(32)14-25)13-21-9-10-35(28(21)36)27-22-11-18-12-23(27)17-31(39,15-18)16-22/h3-8,14,18,21-23,27,39H,2,9-13,15-17H2,1H3,(H2,33,34,38). The van der Waals surface area contributed by atoms with Gasteiger partial charge in [0.1, 0.15) is 0 Å². The number of hydrogen-bond acceptors (Lipinski definition) is 5. The smallest absolute Gasteiger partial charge is 0.338 e. The molecule has 0 spiro atoms. The van der Waals surface area contributed by atoms with Crippen molar-refractivity contribution < 1.29 is 24.2 Å². The molecule has 1 heterocycles. The van der Waals surface area contributed by atoms with Crippen molar-refractivity contribution in [2.45, 2.75) is 63.5 Å². The van der Waals surface area contributed by atoms with Crippen molar-refractivity contribution in [3.8, 4) is 0 Å². The van der Waals surface area contributed by atoms with Crippen molar-refractivity contribution in [1.82, 2.24) is 4.90 Å². The Bertz CT molecular complexity index is 1300. The minimum atomic E-state index is -0.496. The van der Waals surface area contributed by atoms with E-state index in [4.69, 9.17) is 16.3 Å². The van der Waals surface area contributed by atoms with E-state index in [0.717, 1.165) is 50.6 Å². The zero-order valence-corrected chi connectivity index (χ0v) is 23.5. The van der Waals surface area contributed by atoms with E-state index in [1.807, 2.05) is 6.07 Å². The summed E-state index contributed by atoms with van der Waals surface area (Å²) in [5, 5.41) is 17.0. The first-order chi connectivity index (χ1) is 19.2. The van der Waals surface area contributed by atoms with Crippen molar-refractivity contribution in [3.05, 3.63) is 58.6 Å². The van der Waals surface area contributed by atoms with Crippen molar-refractivity contribution in [3.63, 3.8) is 0 Å². The summed E-state index contributed by atoms with van der Waals surface area (Å²) in [7, 11) is 0. The molecule has 4 aliphatic carbocycles. The maximum Gasteiger partial charge on any atom is 0.338 e. The van der Waals surface area contributed by atoms with Gasteiger partial charge in [0, 0.05) is 34.9 Å². The number of carbonyl (C=O) groups is 3. The van der Waals surface area contributed by atoms with Crippen LogP contribution in [0.15, 0.2) is 42.5 Å². The number of aliphatic hydroxyl groups is 1. The molecule has 2 aromatic rings. The van der Waals surface area contributed by atoms with Crippen LogP contribution >= 0.6 is 11.6 Å². The highest BCUT2D eigenvalue weighted by Gasteiger charge is 2.57. The number of carbonyl (C=O) groups excluding carboxylic acids is 3.